The first-order chi connectivity index (χ1) is 24.7. The Morgan fingerprint density at radius 1 is 0.526 bits per heavy atom. The highest BCUT2D eigenvalue weighted by Crippen LogP contribution is 2.39. The Kier molecular flexibility index (Phi) is 2.50. The van der Waals surface area contributed by atoms with Crippen LogP contribution in [0.3, 0.4) is 0 Å². The van der Waals surface area contributed by atoms with Gasteiger partial charge in [-0.15, -0.1) is 0 Å². The first-order valence-electron chi connectivity index (χ1n) is 18.9. The summed E-state index contributed by atoms with van der Waals surface area (Å²) in [6.45, 7) is 0. The third-order valence-corrected chi connectivity index (χ3v) is 6.70. The summed E-state index contributed by atoms with van der Waals surface area (Å²) in [4.78, 5) is 2.81. The van der Waals surface area contributed by atoms with Gasteiger partial charge >= 0.3 is 0 Å². The number of nitrogens with one attached hydrogen (secondary N) is 1. The van der Waals surface area contributed by atoms with Crippen molar-refractivity contribution in [1.82, 2.24) is 9.55 Å². The van der Waals surface area contributed by atoms with Gasteiger partial charge in [0.1, 0.15) is 0 Å². The monoisotopic (exact) mass is 498 g/mol. The highest BCUT2D eigenvalue weighted by Gasteiger charge is 2.17. The van der Waals surface area contributed by atoms with Gasteiger partial charge < -0.3 is 9.55 Å². The lowest BCUT2D eigenvalue weighted by Gasteiger charge is -2.13. The van der Waals surface area contributed by atoms with Crippen LogP contribution in [0, 0.1) is 0 Å². The van der Waals surface area contributed by atoms with E-state index in [0.29, 0.717) is 5.69 Å². The van der Waals surface area contributed by atoms with E-state index in [0.717, 1.165) is 11.1 Å². The Morgan fingerprint density at radius 3 is 2.11 bits per heavy atom. The van der Waals surface area contributed by atoms with Crippen LogP contribution in [-0.4, -0.2) is 9.55 Å². The smallest absolute Gasteiger partial charge is 0.0645 e. The standard InChI is InChI=1S/C36H24N2/c1-2-9-24(10-3-1)25-17-20-27(21-18-25)38-35-16-7-5-12-30(35)31-14-8-13-28(36(31)38)26-19-22-34-32(23-26)29-11-4-6-15-33(29)37-34/h1-23,37H/i4D,5D,6D,7D,8D,11D,12D,13D,14D,15D,16D,19D,22D,23D. The summed E-state index contributed by atoms with van der Waals surface area (Å²) in [7, 11) is 0. The minimum Gasteiger partial charge on any atom is -0.355 e. The number of benzene rings is 6. The summed E-state index contributed by atoms with van der Waals surface area (Å²) in [5.41, 5.74) is 1.23. The Labute approximate surface area is 240 Å². The van der Waals surface area contributed by atoms with E-state index in [1.54, 1.807) is 24.3 Å². The molecule has 178 valence electrons. The zero-order valence-electron chi connectivity index (χ0n) is 33.6. The topological polar surface area (TPSA) is 20.7 Å². The molecule has 2 nitrogen and oxygen atoms in total. The maximum Gasteiger partial charge on any atom is 0.0645 e. The number of H-pyrrole nitrogens is 1. The summed E-state index contributed by atoms with van der Waals surface area (Å²) in [5, 5.41) is -0.412. The molecule has 0 unspecified atom stereocenters. The molecule has 2 aromatic heterocycles. The predicted molar refractivity (Wildman–Crippen MR) is 161 cm³/mol. The zero-order chi connectivity index (χ0) is 37.2. The summed E-state index contributed by atoms with van der Waals surface area (Å²) in [6, 6.07) is 9.13. The number of aromatic nitrogens is 2. The van der Waals surface area contributed by atoms with Gasteiger partial charge in [0.05, 0.1) is 30.2 Å². The fourth-order valence-corrected chi connectivity index (χ4v) is 4.97. The van der Waals surface area contributed by atoms with Crippen LogP contribution >= 0.6 is 0 Å². The van der Waals surface area contributed by atoms with Crippen LogP contribution in [0.5, 0.6) is 0 Å². The number of fused-ring (bicyclic) bond motifs is 6. The minimum absolute atomic E-state index is 0.0528. The number of aromatic amines is 1. The summed E-state index contributed by atoms with van der Waals surface area (Å²) >= 11 is 0. The predicted octanol–water partition coefficient (Wildman–Crippen LogP) is 9.75. The van der Waals surface area contributed by atoms with Gasteiger partial charge in [-0.2, -0.15) is 0 Å². The first-order valence-corrected chi connectivity index (χ1v) is 11.9. The molecule has 0 aliphatic rings. The molecule has 0 spiro atoms. The van der Waals surface area contributed by atoms with E-state index in [-0.39, 0.29) is 54.7 Å². The number of hydrogen-bond acceptors (Lipinski definition) is 0. The maximum atomic E-state index is 9.48. The number of nitrogens with zero attached hydrogens (tertiary/aromatic N) is 1. The van der Waals surface area contributed by atoms with Gasteiger partial charge in [-0.1, -0.05) is 103 Å². The third kappa shape index (κ3) is 3.14. The fraction of sp³-hybridized carbons (Fsp3) is 0. The van der Waals surface area contributed by atoms with Crippen LogP contribution in [0.2, 0.25) is 0 Å². The fourth-order valence-electron chi connectivity index (χ4n) is 4.97. The largest absolute Gasteiger partial charge is 0.355 e. The van der Waals surface area contributed by atoms with E-state index in [2.05, 4.69) is 4.98 Å². The molecule has 0 amide bonds. The van der Waals surface area contributed by atoms with Crippen molar-refractivity contribution in [1.29, 1.82) is 0 Å². The molecule has 8 aromatic rings. The molecule has 2 heteroatoms. The van der Waals surface area contributed by atoms with E-state index < -0.39 is 84.6 Å². The molecule has 0 fully saturated rings. The van der Waals surface area contributed by atoms with Crippen LogP contribution in [0.1, 0.15) is 19.2 Å². The molecule has 8 rings (SSSR count). The molecular formula is C36H24N2. The van der Waals surface area contributed by atoms with Gasteiger partial charge in [0.25, 0.3) is 0 Å². The van der Waals surface area contributed by atoms with E-state index in [1.165, 1.54) is 4.57 Å². The molecular weight excluding hydrogens is 460 g/mol. The van der Waals surface area contributed by atoms with Crippen molar-refractivity contribution < 1.29 is 19.2 Å². The molecule has 0 bridgehead atoms. The van der Waals surface area contributed by atoms with Crippen LogP contribution in [0.25, 0.3) is 71.6 Å². The Hall–Kier alpha value is -5.08. The second-order valence-corrected chi connectivity index (χ2v) is 8.82. The maximum absolute atomic E-state index is 9.48. The van der Waals surface area contributed by atoms with Gasteiger partial charge in [-0.3, -0.25) is 0 Å². The average Bonchev–Trinajstić information content (AvgIpc) is 3.73. The van der Waals surface area contributed by atoms with Crippen LogP contribution in [-0.2, 0) is 0 Å². The van der Waals surface area contributed by atoms with Gasteiger partial charge in [-0.05, 0) is 53.0 Å². The average molecular weight is 499 g/mol. The second kappa shape index (κ2) is 8.22. The van der Waals surface area contributed by atoms with E-state index in [9.17, 15) is 4.11 Å². The SMILES string of the molecule is [2H]c1c([2H])c([2H])c2c([nH]c3c([2H])c([2H])c(-c4c([2H])c([2H])c([2H])c5c6c([2H])c([2H])c([2H])c([2H])c6n(-c6ccc(-c7ccccc7)cc6)c45)c([2H])c32)c1[2H]. The van der Waals surface area contributed by atoms with E-state index in [4.69, 9.17) is 15.1 Å². The quantitative estimate of drug-likeness (QED) is 0.250. The number of hydrogen-bond donors (Lipinski definition) is 1. The first kappa shape index (κ1) is 11.5. The molecule has 0 radical (unpaired) electrons. The second-order valence-electron chi connectivity index (χ2n) is 8.82. The molecule has 0 atom stereocenters. The molecule has 0 saturated carbocycles. The number of para-hydroxylation sites is 3. The van der Waals surface area contributed by atoms with Crippen molar-refractivity contribution in [3.63, 3.8) is 0 Å². The molecule has 38 heavy (non-hydrogen) atoms. The van der Waals surface area contributed by atoms with Crippen molar-refractivity contribution in [2.75, 3.05) is 0 Å². The Balaban J connectivity index is 1.61. The molecule has 2 heterocycles. The van der Waals surface area contributed by atoms with Gasteiger partial charge in [-0.25, -0.2) is 0 Å². The molecule has 0 aliphatic heterocycles. The summed E-state index contributed by atoms with van der Waals surface area (Å²) in [5.74, 6) is 0. The minimum atomic E-state index is -0.639. The highest BCUT2D eigenvalue weighted by molar-refractivity contribution is 6.15. The molecule has 0 aliphatic carbocycles. The van der Waals surface area contributed by atoms with E-state index in [1.807, 2.05) is 30.3 Å². The Morgan fingerprint density at radius 2 is 1.24 bits per heavy atom. The molecule has 1 N–H and O–H groups in total. The highest BCUT2D eigenvalue weighted by atomic mass is 15.0. The van der Waals surface area contributed by atoms with Crippen LogP contribution < -0.4 is 0 Å². The zero-order valence-corrected chi connectivity index (χ0v) is 19.6. The van der Waals surface area contributed by atoms with Crippen LogP contribution in [0.4, 0.5) is 0 Å². The lowest BCUT2D eigenvalue weighted by molar-refractivity contribution is 1.18. The Bertz CT molecular complexity index is 2880. The van der Waals surface area contributed by atoms with Crippen molar-refractivity contribution >= 4 is 43.6 Å². The van der Waals surface area contributed by atoms with Crippen molar-refractivity contribution in [3.8, 4) is 27.9 Å². The van der Waals surface area contributed by atoms with Crippen molar-refractivity contribution in [3.05, 3.63) is 139 Å². The van der Waals surface area contributed by atoms with Crippen molar-refractivity contribution in [2.24, 2.45) is 0 Å². The lowest BCUT2D eigenvalue weighted by atomic mass is 10.00. The van der Waals surface area contributed by atoms with Gasteiger partial charge in [0.2, 0.25) is 0 Å². The third-order valence-electron chi connectivity index (χ3n) is 6.70. The van der Waals surface area contributed by atoms with Gasteiger partial charge in [0.15, 0.2) is 0 Å². The molecule has 0 saturated heterocycles. The number of rotatable bonds is 3. The van der Waals surface area contributed by atoms with Crippen LogP contribution in [0.15, 0.2) is 139 Å². The lowest BCUT2D eigenvalue weighted by Crippen LogP contribution is -1.95. The summed E-state index contributed by atoms with van der Waals surface area (Å²) in [6.07, 6.45) is 0. The normalized spacial score (nSPS) is 16.8. The summed E-state index contributed by atoms with van der Waals surface area (Å²) < 4.78 is 125. The molecule has 6 aromatic carbocycles. The van der Waals surface area contributed by atoms with E-state index >= 15 is 0 Å². The van der Waals surface area contributed by atoms with Gasteiger partial charge in [0, 0.05) is 43.8 Å². The van der Waals surface area contributed by atoms with Crippen molar-refractivity contribution in [2.45, 2.75) is 0 Å².